The molecule has 100 valence electrons. The summed E-state index contributed by atoms with van der Waals surface area (Å²) in [6, 6.07) is 1.86. The highest BCUT2D eigenvalue weighted by molar-refractivity contribution is 5.13. The van der Waals surface area contributed by atoms with Crippen molar-refractivity contribution < 1.29 is 0 Å². The summed E-state index contributed by atoms with van der Waals surface area (Å²) < 4.78 is 0. The van der Waals surface area contributed by atoms with Crippen LogP contribution in [0.4, 0.5) is 0 Å². The van der Waals surface area contributed by atoms with Crippen LogP contribution in [0.2, 0.25) is 0 Å². The Balaban J connectivity index is 1.55. The molecule has 4 rings (SSSR count). The molecule has 2 aliphatic heterocycles. The Morgan fingerprint density at radius 1 is 1.06 bits per heavy atom. The van der Waals surface area contributed by atoms with E-state index in [2.05, 4.69) is 33.4 Å². The summed E-state index contributed by atoms with van der Waals surface area (Å²) in [7, 11) is 0. The van der Waals surface area contributed by atoms with E-state index in [1.54, 1.807) is 0 Å². The van der Waals surface area contributed by atoms with E-state index < -0.39 is 0 Å². The molecule has 0 bridgehead atoms. The molecule has 0 aromatic carbocycles. The highest BCUT2D eigenvalue weighted by Crippen LogP contribution is 2.40. The number of rotatable bonds is 1. The van der Waals surface area contributed by atoms with Crippen LogP contribution in [0.3, 0.4) is 0 Å². The monoisotopic (exact) mass is 248 g/mol. The molecule has 4 N–H and O–H groups in total. The van der Waals surface area contributed by atoms with Crippen molar-refractivity contribution in [2.24, 2.45) is 11.8 Å². The lowest BCUT2D eigenvalue weighted by atomic mass is 9.67. The molecule has 4 nitrogen and oxygen atoms in total. The van der Waals surface area contributed by atoms with Crippen LogP contribution in [0, 0.1) is 11.8 Å². The van der Waals surface area contributed by atoms with Crippen molar-refractivity contribution in [1.82, 2.24) is 21.3 Å². The van der Waals surface area contributed by atoms with Gasteiger partial charge >= 0.3 is 0 Å². The molecule has 0 aromatic rings. The van der Waals surface area contributed by atoms with Crippen LogP contribution < -0.4 is 21.3 Å². The Bertz CT molecular complexity index is 337. The van der Waals surface area contributed by atoms with E-state index in [4.69, 9.17) is 0 Å². The third kappa shape index (κ3) is 1.83. The van der Waals surface area contributed by atoms with E-state index in [1.807, 2.05) is 0 Å². The molecule has 6 unspecified atom stereocenters. The first-order valence-corrected chi connectivity index (χ1v) is 7.55. The molecule has 2 saturated heterocycles. The normalized spacial score (nSPS) is 51.1. The van der Waals surface area contributed by atoms with Crippen LogP contribution in [0.1, 0.15) is 25.7 Å². The lowest BCUT2D eigenvalue weighted by molar-refractivity contribution is 0.0735. The molecule has 0 amide bonds. The van der Waals surface area contributed by atoms with Crippen molar-refractivity contribution in [3.63, 3.8) is 0 Å². The molecule has 0 radical (unpaired) electrons. The topological polar surface area (TPSA) is 48.1 Å². The Labute approximate surface area is 109 Å². The molecule has 4 heteroatoms. The van der Waals surface area contributed by atoms with Gasteiger partial charge in [0.1, 0.15) is 0 Å². The van der Waals surface area contributed by atoms with Crippen molar-refractivity contribution in [1.29, 1.82) is 0 Å². The molecule has 18 heavy (non-hydrogen) atoms. The van der Waals surface area contributed by atoms with Gasteiger partial charge in [0.2, 0.25) is 0 Å². The quantitative estimate of drug-likeness (QED) is 0.499. The first-order valence-electron chi connectivity index (χ1n) is 7.55. The summed E-state index contributed by atoms with van der Waals surface area (Å²) in [5.41, 5.74) is 0. The Kier molecular flexibility index (Phi) is 2.92. The van der Waals surface area contributed by atoms with E-state index in [9.17, 15) is 0 Å². The van der Waals surface area contributed by atoms with E-state index in [0.29, 0.717) is 18.2 Å². The zero-order valence-electron chi connectivity index (χ0n) is 10.9. The largest absolute Gasteiger partial charge is 0.303 e. The van der Waals surface area contributed by atoms with Crippen molar-refractivity contribution in [2.75, 3.05) is 13.2 Å². The third-order valence-electron chi connectivity index (χ3n) is 5.32. The molecule has 2 aliphatic carbocycles. The first kappa shape index (κ1) is 11.4. The van der Waals surface area contributed by atoms with Crippen LogP contribution in [0.25, 0.3) is 0 Å². The predicted molar refractivity (Wildman–Crippen MR) is 72.0 cm³/mol. The Hall–Kier alpha value is -0.420. The zero-order chi connectivity index (χ0) is 11.9. The molecule has 0 spiro atoms. The SMILES string of the molecule is C1=CC2NC(C3CNCN3)NC3CCCC(C1)C23. The van der Waals surface area contributed by atoms with Crippen LogP contribution in [0.5, 0.6) is 0 Å². The lowest BCUT2D eigenvalue weighted by Crippen LogP contribution is -2.70. The fraction of sp³-hybridized carbons (Fsp3) is 0.857. The summed E-state index contributed by atoms with van der Waals surface area (Å²) >= 11 is 0. The number of hydrogen-bond acceptors (Lipinski definition) is 4. The zero-order valence-corrected chi connectivity index (χ0v) is 10.9. The predicted octanol–water partition coefficient (Wildman–Crippen LogP) is 0.138. The second-order valence-electron chi connectivity index (χ2n) is 6.32. The molecule has 6 atom stereocenters. The summed E-state index contributed by atoms with van der Waals surface area (Å²) in [5, 5.41) is 14.6. The van der Waals surface area contributed by atoms with Crippen LogP contribution >= 0.6 is 0 Å². The second kappa shape index (κ2) is 4.60. The highest BCUT2D eigenvalue weighted by atomic mass is 15.3. The van der Waals surface area contributed by atoms with Crippen molar-refractivity contribution in [3.8, 4) is 0 Å². The van der Waals surface area contributed by atoms with Crippen molar-refractivity contribution >= 4 is 0 Å². The van der Waals surface area contributed by atoms with Gasteiger partial charge < -0.3 is 5.32 Å². The average Bonchev–Trinajstić information content (AvgIpc) is 2.93. The van der Waals surface area contributed by atoms with Gasteiger partial charge in [0.25, 0.3) is 0 Å². The van der Waals surface area contributed by atoms with Crippen LogP contribution in [0.15, 0.2) is 12.2 Å². The van der Waals surface area contributed by atoms with Crippen LogP contribution in [-0.4, -0.2) is 37.5 Å². The molecule has 3 fully saturated rings. The molecular formula is C14H24N4. The lowest BCUT2D eigenvalue weighted by Gasteiger charge is -2.51. The summed E-state index contributed by atoms with van der Waals surface area (Å²) in [5.74, 6) is 1.74. The van der Waals surface area contributed by atoms with Gasteiger partial charge in [0, 0.05) is 31.3 Å². The molecule has 1 saturated carbocycles. The van der Waals surface area contributed by atoms with Gasteiger partial charge in [-0.2, -0.15) is 0 Å². The minimum atomic E-state index is 0.424. The first-order chi connectivity index (χ1) is 8.92. The van der Waals surface area contributed by atoms with Crippen molar-refractivity contribution in [3.05, 3.63) is 12.2 Å². The van der Waals surface area contributed by atoms with E-state index in [1.165, 1.54) is 25.7 Å². The minimum Gasteiger partial charge on any atom is -0.303 e. The van der Waals surface area contributed by atoms with Gasteiger partial charge in [-0.05, 0) is 31.1 Å². The van der Waals surface area contributed by atoms with Gasteiger partial charge in [0.15, 0.2) is 0 Å². The van der Waals surface area contributed by atoms with Gasteiger partial charge in [0.05, 0.1) is 6.17 Å². The van der Waals surface area contributed by atoms with Gasteiger partial charge in [-0.3, -0.25) is 16.0 Å². The maximum Gasteiger partial charge on any atom is 0.0750 e. The Morgan fingerprint density at radius 2 is 2.06 bits per heavy atom. The number of nitrogens with one attached hydrogen (secondary N) is 4. The summed E-state index contributed by atoms with van der Waals surface area (Å²) in [6.45, 7) is 2.02. The summed E-state index contributed by atoms with van der Waals surface area (Å²) in [4.78, 5) is 0. The Morgan fingerprint density at radius 3 is 2.94 bits per heavy atom. The number of allylic oxidation sites excluding steroid dienone is 1. The average molecular weight is 248 g/mol. The molecule has 4 aliphatic rings. The van der Waals surface area contributed by atoms with Gasteiger partial charge in [-0.1, -0.05) is 18.6 Å². The third-order valence-corrected chi connectivity index (χ3v) is 5.32. The summed E-state index contributed by atoms with van der Waals surface area (Å²) in [6.07, 6.45) is 10.8. The fourth-order valence-corrected chi connectivity index (χ4v) is 4.48. The maximum atomic E-state index is 3.88. The molecule has 0 aromatic heterocycles. The van der Waals surface area contributed by atoms with Crippen LogP contribution in [-0.2, 0) is 0 Å². The minimum absolute atomic E-state index is 0.424. The number of hydrogen-bond donors (Lipinski definition) is 4. The maximum absolute atomic E-state index is 3.88. The second-order valence-corrected chi connectivity index (χ2v) is 6.32. The fourth-order valence-electron chi connectivity index (χ4n) is 4.48. The standard InChI is InChI=1S/C14H24N4/c1-3-9-4-2-6-11-13(9)10(5-1)17-14(18-11)12-7-15-8-16-12/h1,5,9-18H,2-4,6-8H2. The van der Waals surface area contributed by atoms with Gasteiger partial charge in [-0.25, -0.2) is 0 Å². The molecular weight excluding hydrogens is 224 g/mol. The van der Waals surface area contributed by atoms with E-state index in [0.717, 1.165) is 31.1 Å². The van der Waals surface area contributed by atoms with Gasteiger partial charge in [-0.15, -0.1) is 0 Å². The highest BCUT2D eigenvalue weighted by Gasteiger charge is 2.45. The van der Waals surface area contributed by atoms with E-state index in [-0.39, 0.29) is 0 Å². The van der Waals surface area contributed by atoms with Crippen molar-refractivity contribution in [2.45, 2.75) is 50.0 Å². The molecule has 2 heterocycles. The van der Waals surface area contributed by atoms with E-state index >= 15 is 0 Å². The smallest absolute Gasteiger partial charge is 0.0750 e.